The average Bonchev–Trinajstić information content (AvgIpc) is 2.67. The fourth-order valence-electron chi connectivity index (χ4n) is 3.92. The van der Waals surface area contributed by atoms with E-state index in [4.69, 9.17) is 10.5 Å². The van der Waals surface area contributed by atoms with Crippen molar-refractivity contribution in [1.29, 1.82) is 5.26 Å². The summed E-state index contributed by atoms with van der Waals surface area (Å²) in [4.78, 5) is 13.0. The highest BCUT2D eigenvalue weighted by Gasteiger charge is 2.41. The Morgan fingerprint density at radius 1 is 1.11 bits per heavy atom. The highest BCUT2D eigenvalue weighted by molar-refractivity contribution is 6.00. The van der Waals surface area contributed by atoms with Gasteiger partial charge in [-0.25, -0.2) is 8.78 Å². The highest BCUT2D eigenvalue weighted by atomic mass is 19.1. The summed E-state index contributed by atoms with van der Waals surface area (Å²) in [6.45, 7) is 0. The molecule has 1 heterocycles. The van der Waals surface area contributed by atoms with E-state index in [1.54, 1.807) is 0 Å². The second-order valence-electron chi connectivity index (χ2n) is 6.87. The van der Waals surface area contributed by atoms with E-state index in [0.717, 1.165) is 17.7 Å². The number of nitriles is 1. The SMILES string of the molecule is N#CC1=C(N)OC2=C(C(=O)C[C@@H](c3ccccc3)C2)[C@@H]1c1ccc(F)cc1F. The maximum absolute atomic E-state index is 14.5. The molecule has 1 aliphatic carbocycles. The third-order valence-corrected chi connectivity index (χ3v) is 5.21. The predicted molar refractivity (Wildman–Crippen MR) is 97.5 cm³/mol. The monoisotopic (exact) mass is 378 g/mol. The molecule has 2 atom stereocenters. The van der Waals surface area contributed by atoms with Gasteiger partial charge in [0.1, 0.15) is 29.0 Å². The van der Waals surface area contributed by atoms with Crippen LogP contribution in [0.4, 0.5) is 8.78 Å². The number of hydrogen-bond donors (Lipinski definition) is 1. The molecule has 6 heteroatoms. The van der Waals surface area contributed by atoms with E-state index in [0.29, 0.717) is 12.2 Å². The molecule has 2 aromatic rings. The molecule has 0 aromatic heterocycles. The first-order chi connectivity index (χ1) is 13.5. The number of halogens is 2. The van der Waals surface area contributed by atoms with Gasteiger partial charge in [-0.05, 0) is 17.5 Å². The van der Waals surface area contributed by atoms with Crippen molar-refractivity contribution in [3.63, 3.8) is 0 Å². The van der Waals surface area contributed by atoms with Crippen molar-refractivity contribution in [3.8, 4) is 6.07 Å². The molecule has 0 fully saturated rings. The maximum atomic E-state index is 14.5. The molecule has 4 rings (SSSR count). The average molecular weight is 378 g/mol. The zero-order valence-electron chi connectivity index (χ0n) is 14.8. The van der Waals surface area contributed by atoms with Crippen LogP contribution in [0.5, 0.6) is 0 Å². The van der Waals surface area contributed by atoms with E-state index in [1.165, 1.54) is 6.07 Å². The third-order valence-electron chi connectivity index (χ3n) is 5.21. The van der Waals surface area contributed by atoms with Crippen molar-refractivity contribution in [2.24, 2.45) is 5.73 Å². The fraction of sp³-hybridized carbons (Fsp3) is 0.182. The zero-order valence-corrected chi connectivity index (χ0v) is 14.8. The Bertz CT molecular complexity index is 1070. The lowest BCUT2D eigenvalue weighted by Gasteiger charge is -2.34. The van der Waals surface area contributed by atoms with Gasteiger partial charge < -0.3 is 10.5 Å². The van der Waals surface area contributed by atoms with Gasteiger partial charge in [-0.15, -0.1) is 0 Å². The van der Waals surface area contributed by atoms with E-state index in [2.05, 4.69) is 0 Å². The molecule has 0 amide bonds. The molecule has 0 bridgehead atoms. The van der Waals surface area contributed by atoms with Crippen LogP contribution in [0.15, 0.2) is 71.3 Å². The number of carbonyl (C=O) groups excluding carboxylic acids is 1. The van der Waals surface area contributed by atoms with Crippen LogP contribution in [0.25, 0.3) is 0 Å². The summed E-state index contributed by atoms with van der Waals surface area (Å²) >= 11 is 0. The van der Waals surface area contributed by atoms with Gasteiger partial charge in [0, 0.05) is 30.0 Å². The summed E-state index contributed by atoms with van der Waals surface area (Å²) in [5, 5.41) is 9.55. The number of ketones is 1. The zero-order chi connectivity index (χ0) is 19.8. The van der Waals surface area contributed by atoms with Crippen molar-refractivity contribution < 1.29 is 18.3 Å². The van der Waals surface area contributed by atoms with Gasteiger partial charge in [0.25, 0.3) is 0 Å². The number of ether oxygens (including phenoxy) is 1. The number of rotatable bonds is 2. The molecule has 2 aromatic carbocycles. The normalized spacial score (nSPS) is 21.8. The van der Waals surface area contributed by atoms with E-state index in [-0.39, 0.29) is 40.7 Å². The van der Waals surface area contributed by atoms with Gasteiger partial charge in [0.15, 0.2) is 5.78 Å². The van der Waals surface area contributed by atoms with Crippen LogP contribution < -0.4 is 5.73 Å². The van der Waals surface area contributed by atoms with E-state index in [1.807, 2.05) is 36.4 Å². The van der Waals surface area contributed by atoms with Crippen LogP contribution in [-0.4, -0.2) is 5.78 Å². The summed E-state index contributed by atoms with van der Waals surface area (Å²) in [5.74, 6) is -2.72. The molecule has 0 saturated carbocycles. The van der Waals surface area contributed by atoms with Gasteiger partial charge in [0.2, 0.25) is 5.88 Å². The number of Topliss-reactive ketones (excluding diaryl/α,β-unsaturated/α-hetero) is 1. The molecular formula is C22H16F2N2O2. The van der Waals surface area contributed by atoms with Crippen molar-refractivity contribution >= 4 is 5.78 Å². The van der Waals surface area contributed by atoms with Crippen molar-refractivity contribution in [1.82, 2.24) is 0 Å². The largest absolute Gasteiger partial charge is 0.444 e. The second kappa shape index (κ2) is 6.93. The van der Waals surface area contributed by atoms with Crippen molar-refractivity contribution in [3.05, 3.63) is 94.1 Å². The van der Waals surface area contributed by atoms with Crippen molar-refractivity contribution in [2.75, 3.05) is 0 Å². The van der Waals surface area contributed by atoms with Crippen LogP contribution in [0.2, 0.25) is 0 Å². The summed E-state index contributed by atoms with van der Waals surface area (Å²) < 4.78 is 33.5. The number of carbonyl (C=O) groups is 1. The molecular weight excluding hydrogens is 362 g/mol. The van der Waals surface area contributed by atoms with E-state index >= 15 is 0 Å². The second-order valence-corrected chi connectivity index (χ2v) is 6.87. The van der Waals surface area contributed by atoms with Gasteiger partial charge in [-0.2, -0.15) is 5.26 Å². The summed E-state index contributed by atoms with van der Waals surface area (Å²) in [6.07, 6.45) is 0.619. The summed E-state index contributed by atoms with van der Waals surface area (Å²) in [5.41, 5.74) is 7.13. The Balaban J connectivity index is 1.82. The van der Waals surface area contributed by atoms with Crippen LogP contribution in [0.1, 0.15) is 35.8 Å². The molecule has 1 aliphatic heterocycles. The summed E-state index contributed by atoms with van der Waals surface area (Å²) in [7, 11) is 0. The number of hydrogen-bond acceptors (Lipinski definition) is 4. The molecule has 2 aliphatic rings. The number of benzene rings is 2. The Hall–Kier alpha value is -3.46. The summed E-state index contributed by atoms with van der Waals surface area (Å²) in [6, 6.07) is 14.5. The maximum Gasteiger partial charge on any atom is 0.205 e. The molecule has 0 spiro atoms. The standard InChI is InChI=1S/C22H16F2N2O2/c23-14-6-7-15(17(24)10-14)20-16(11-25)22(26)28-19-9-13(8-18(27)21(19)20)12-4-2-1-3-5-12/h1-7,10,13,20H,8-9,26H2/t13-,20-/m1/s1. The molecule has 28 heavy (non-hydrogen) atoms. The molecule has 4 nitrogen and oxygen atoms in total. The first-order valence-electron chi connectivity index (χ1n) is 8.83. The van der Waals surface area contributed by atoms with Gasteiger partial charge >= 0.3 is 0 Å². The lowest BCUT2D eigenvalue weighted by atomic mass is 9.73. The molecule has 140 valence electrons. The third kappa shape index (κ3) is 2.95. The Labute approximate surface area is 160 Å². The first kappa shape index (κ1) is 17.9. The van der Waals surface area contributed by atoms with E-state index < -0.39 is 17.6 Å². The molecule has 0 unspecified atom stereocenters. The topological polar surface area (TPSA) is 76.1 Å². The Morgan fingerprint density at radius 3 is 2.54 bits per heavy atom. The fourth-order valence-corrected chi connectivity index (χ4v) is 3.92. The van der Waals surface area contributed by atoms with Crippen LogP contribution >= 0.6 is 0 Å². The Morgan fingerprint density at radius 2 is 1.86 bits per heavy atom. The number of allylic oxidation sites excluding steroid dienone is 3. The predicted octanol–water partition coefficient (Wildman–Crippen LogP) is 4.17. The lowest BCUT2D eigenvalue weighted by Crippen LogP contribution is -2.30. The van der Waals surface area contributed by atoms with Gasteiger partial charge in [-0.3, -0.25) is 4.79 Å². The minimum Gasteiger partial charge on any atom is -0.444 e. The van der Waals surface area contributed by atoms with Crippen LogP contribution in [0, 0.1) is 23.0 Å². The van der Waals surface area contributed by atoms with Crippen LogP contribution in [-0.2, 0) is 9.53 Å². The van der Waals surface area contributed by atoms with Gasteiger partial charge in [-0.1, -0.05) is 36.4 Å². The van der Waals surface area contributed by atoms with E-state index in [9.17, 15) is 18.8 Å². The first-order valence-corrected chi connectivity index (χ1v) is 8.83. The minimum atomic E-state index is -1.00. The molecule has 0 radical (unpaired) electrons. The number of nitrogens with zero attached hydrogens (tertiary/aromatic N) is 1. The quantitative estimate of drug-likeness (QED) is 0.851. The molecule has 0 saturated heterocycles. The lowest BCUT2D eigenvalue weighted by molar-refractivity contribution is -0.117. The minimum absolute atomic E-state index is 0.0308. The van der Waals surface area contributed by atoms with Crippen molar-refractivity contribution in [2.45, 2.75) is 24.7 Å². The molecule has 2 N–H and O–H groups in total. The Kier molecular flexibility index (Phi) is 4.44. The smallest absolute Gasteiger partial charge is 0.205 e. The van der Waals surface area contributed by atoms with Crippen LogP contribution in [0.3, 0.4) is 0 Å². The van der Waals surface area contributed by atoms with Gasteiger partial charge in [0.05, 0.1) is 5.92 Å². The number of nitrogens with two attached hydrogens (primary N) is 1. The highest BCUT2D eigenvalue weighted by Crippen LogP contribution is 2.47.